The Kier molecular flexibility index (Phi) is 6.84. The number of amides is 1. The fourth-order valence-corrected chi connectivity index (χ4v) is 2.93. The number of nitrogens with one attached hydrogen (secondary N) is 2. The van der Waals surface area contributed by atoms with Crippen LogP contribution in [-0.4, -0.2) is 46.0 Å². The van der Waals surface area contributed by atoms with Gasteiger partial charge in [-0.3, -0.25) is 10.1 Å². The second-order valence-corrected chi connectivity index (χ2v) is 6.27. The molecule has 9 nitrogen and oxygen atoms in total. The van der Waals surface area contributed by atoms with Crippen molar-refractivity contribution < 1.29 is 33.3 Å². The van der Waals surface area contributed by atoms with Crippen molar-refractivity contribution in [2.75, 3.05) is 44.8 Å². The van der Waals surface area contributed by atoms with Crippen LogP contribution in [0.5, 0.6) is 23.0 Å². The number of fused-ring (bicyclic) bond motifs is 1. The van der Waals surface area contributed by atoms with Crippen molar-refractivity contribution in [3.05, 3.63) is 35.9 Å². The van der Waals surface area contributed by atoms with E-state index in [9.17, 15) is 9.59 Å². The van der Waals surface area contributed by atoms with Crippen LogP contribution < -0.4 is 29.6 Å². The van der Waals surface area contributed by atoms with E-state index in [0.29, 0.717) is 46.5 Å². The van der Waals surface area contributed by atoms with Gasteiger partial charge in [-0.15, -0.1) is 0 Å². The minimum absolute atomic E-state index is 0.0656. The predicted molar refractivity (Wildman–Crippen MR) is 110 cm³/mol. The average molecular weight is 416 g/mol. The smallest absolute Gasteiger partial charge is 0.411 e. The summed E-state index contributed by atoms with van der Waals surface area (Å²) in [5.41, 5.74) is 1.58. The van der Waals surface area contributed by atoms with Gasteiger partial charge >= 0.3 is 6.09 Å². The number of carbonyl (C=O) groups is 2. The highest BCUT2D eigenvalue weighted by atomic mass is 16.7. The molecule has 0 unspecified atom stereocenters. The Labute approximate surface area is 174 Å². The summed E-state index contributed by atoms with van der Waals surface area (Å²) in [5, 5.41) is 5.82. The van der Waals surface area contributed by atoms with Gasteiger partial charge in [0.2, 0.25) is 6.79 Å². The minimum atomic E-state index is -0.583. The molecule has 1 amide bonds. The highest BCUT2D eigenvalue weighted by Crippen LogP contribution is 2.39. The number of methoxy groups -OCH3 is 2. The molecule has 9 heteroatoms. The summed E-state index contributed by atoms with van der Waals surface area (Å²) in [6.45, 7) is 2.41. The van der Waals surface area contributed by atoms with Crippen LogP contribution in [0.4, 0.5) is 16.2 Å². The molecule has 0 saturated carbocycles. The van der Waals surface area contributed by atoms with Crippen LogP contribution in [0.3, 0.4) is 0 Å². The van der Waals surface area contributed by atoms with Gasteiger partial charge in [0, 0.05) is 30.7 Å². The number of ether oxygens (including phenoxy) is 5. The highest BCUT2D eigenvalue weighted by molar-refractivity contribution is 5.97. The van der Waals surface area contributed by atoms with E-state index in [1.54, 1.807) is 37.3 Å². The fourth-order valence-electron chi connectivity index (χ4n) is 2.93. The maximum absolute atomic E-state index is 12.6. The third-order valence-electron chi connectivity index (χ3n) is 4.40. The van der Waals surface area contributed by atoms with Crippen LogP contribution in [0.1, 0.15) is 23.7 Å². The molecule has 2 aromatic rings. The highest BCUT2D eigenvalue weighted by Gasteiger charge is 2.19. The Balaban J connectivity index is 1.67. The lowest BCUT2D eigenvalue weighted by Crippen LogP contribution is -2.16. The number of benzene rings is 2. The number of anilines is 2. The van der Waals surface area contributed by atoms with Gasteiger partial charge in [0.15, 0.2) is 28.8 Å². The van der Waals surface area contributed by atoms with Gasteiger partial charge in [0.25, 0.3) is 0 Å². The molecule has 0 aromatic heterocycles. The lowest BCUT2D eigenvalue weighted by atomic mass is 10.1. The molecule has 160 valence electrons. The first-order valence-electron chi connectivity index (χ1n) is 9.42. The third kappa shape index (κ3) is 4.86. The summed E-state index contributed by atoms with van der Waals surface area (Å²) >= 11 is 0. The van der Waals surface area contributed by atoms with E-state index < -0.39 is 6.09 Å². The van der Waals surface area contributed by atoms with Crippen molar-refractivity contribution in [1.29, 1.82) is 0 Å². The first-order valence-corrected chi connectivity index (χ1v) is 9.42. The molecular weight excluding hydrogens is 392 g/mol. The zero-order chi connectivity index (χ0) is 21.5. The quantitative estimate of drug-likeness (QED) is 0.597. The standard InChI is InChI=1S/C21H24N2O7/c1-4-28-21(25)23-15-11-20-19(29-12-30-20)10-14(15)22-8-7-16(24)13-5-6-17(26-2)18(9-13)27-3/h5-6,9-11,22H,4,7-8,12H2,1-3H3,(H,23,25). The topological polar surface area (TPSA) is 104 Å². The summed E-state index contributed by atoms with van der Waals surface area (Å²) in [6.07, 6.45) is -0.358. The van der Waals surface area contributed by atoms with Gasteiger partial charge in [-0.05, 0) is 25.1 Å². The van der Waals surface area contributed by atoms with Crippen LogP contribution in [0, 0.1) is 0 Å². The van der Waals surface area contributed by atoms with Gasteiger partial charge in [0.1, 0.15) is 0 Å². The molecule has 1 aliphatic heterocycles. The molecule has 0 saturated heterocycles. The van der Waals surface area contributed by atoms with Crippen LogP contribution in [0.25, 0.3) is 0 Å². The summed E-state index contributed by atoms with van der Waals surface area (Å²) < 4.78 is 26.1. The van der Waals surface area contributed by atoms with E-state index in [4.69, 9.17) is 23.7 Å². The molecule has 30 heavy (non-hydrogen) atoms. The second-order valence-electron chi connectivity index (χ2n) is 6.27. The number of hydrogen-bond donors (Lipinski definition) is 2. The van der Waals surface area contributed by atoms with E-state index >= 15 is 0 Å². The normalized spacial score (nSPS) is 11.6. The molecule has 0 aliphatic carbocycles. The Bertz CT molecular complexity index is 930. The number of rotatable bonds is 9. The lowest BCUT2D eigenvalue weighted by Gasteiger charge is -2.14. The zero-order valence-corrected chi connectivity index (χ0v) is 17.1. The monoisotopic (exact) mass is 416 g/mol. The SMILES string of the molecule is CCOC(=O)Nc1cc2c(cc1NCCC(=O)c1ccc(OC)c(OC)c1)OCO2. The van der Waals surface area contributed by atoms with Crippen molar-refractivity contribution in [1.82, 2.24) is 0 Å². The van der Waals surface area contributed by atoms with E-state index in [0.717, 1.165) is 0 Å². The second kappa shape index (κ2) is 9.73. The first-order chi connectivity index (χ1) is 14.5. The molecule has 1 aliphatic rings. The summed E-state index contributed by atoms with van der Waals surface area (Å²) in [5.74, 6) is 2.06. The van der Waals surface area contributed by atoms with Crippen molar-refractivity contribution in [3.8, 4) is 23.0 Å². The number of hydrogen-bond acceptors (Lipinski definition) is 8. The van der Waals surface area contributed by atoms with Crippen molar-refractivity contribution in [3.63, 3.8) is 0 Å². The largest absolute Gasteiger partial charge is 0.493 e. The van der Waals surface area contributed by atoms with E-state index in [2.05, 4.69) is 10.6 Å². The zero-order valence-electron chi connectivity index (χ0n) is 17.1. The summed E-state index contributed by atoms with van der Waals surface area (Å²) in [4.78, 5) is 24.4. The fraction of sp³-hybridized carbons (Fsp3) is 0.333. The average Bonchev–Trinajstić information content (AvgIpc) is 3.20. The maximum atomic E-state index is 12.6. The van der Waals surface area contributed by atoms with Crippen LogP contribution in [0.2, 0.25) is 0 Å². The molecule has 0 fully saturated rings. The first kappa shape index (κ1) is 21.1. The van der Waals surface area contributed by atoms with Crippen LogP contribution >= 0.6 is 0 Å². The van der Waals surface area contributed by atoms with Gasteiger partial charge in [-0.2, -0.15) is 0 Å². The van der Waals surface area contributed by atoms with Crippen molar-refractivity contribution in [2.24, 2.45) is 0 Å². The molecule has 0 spiro atoms. The van der Waals surface area contributed by atoms with Crippen molar-refractivity contribution in [2.45, 2.75) is 13.3 Å². The lowest BCUT2D eigenvalue weighted by molar-refractivity contribution is 0.0986. The Hall–Kier alpha value is -3.62. The summed E-state index contributed by atoms with van der Waals surface area (Å²) in [7, 11) is 3.06. The molecule has 1 heterocycles. The van der Waals surface area contributed by atoms with Gasteiger partial charge in [-0.25, -0.2) is 4.79 Å². The molecular formula is C21H24N2O7. The van der Waals surface area contributed by atoms with E-state index in [1.165, 1.54) is 14.2 Å². The van der Waals surface area contributed by atoms with Crippen molar-refractivity contribution >= 4 is 23.3 Å². The van der Waals surface area contributed by atoms with Crippen LogP contribution in [0.15, 0.2) is 30.3 Å². The van der Waals surface area contributed by atoms with Gasteiger partial charge < -0.3 is 29.0 Å². The molecule has 3 rings (SSSR count). The molecule has 0 bridgehead atoms. The third-order valence-corrected chi connectivity index (χ3v) is 4.40. The van der Waals surface area contributed by atoms with Crippen LogP contribution in [-0.2, 0) is 4.74 Å². The number of Topliss-reactive ketones (excluding diaryl/α,β-unsaturated/α-hetero) is 1. The maximum Gasteiger partial charge on any atom is 0.411 e. The molecule has 0 radical (unpaired) electrons. The van der Waals surface area contributed by atoms with E-state index in [1.807, 2.05) is 0 Å². The number of ketones is 1. The van der Waals surface area contributed by atoms with E-state index in [-0.39, 0.29) is 25.6 Å². The number of carbonyl (C=O) groups excluding carboxylic acids is 2. The van der Waals surface area contributed by atoms with Gasteiger partial charge in [0.05, 0.1) is 32.2 Å². The predicted octanol–water partition coefficient (Wildman–Crippen LogP) is 3.69. The Morgan fingerprint density at radius 1 is 1.00 bits per heavy atom. The molecule has 2 aromatic carbocycles. The summed E-state index contributed by atoms with van der Waals surface area (Å²) in [6, 6.07) is 8.40. The minimum Gasteiger partial charge on any atom is -0.493 e. The molecule has 0 atom stereocenters. The molecule has 2 N–H and O–H groups in total. The Morgan fingerprint density at radius 2 is 1.70 bits per heavy atom. The van der Waals surface area contributed by atoms with Gasteiger partial charge in [-0.1, -0.05) is 0 Å². The Morgan fingerprint density at radius 3 is 2.37 bits per heavy atom.